The first-order chi connectivity index (χ1) is 8.26. The molecule has 0 saturated carbocycles. The average molecular weight is 249 g/mol. The van der Waals surface area contributed by atoms with Gasteiger partial charge in [0.1, 0.15) is 5.60 Å². The van der Waals surface area contributed by atoms with Crippen molar-refractivity contribution in [3.05, 3.63) is 29.8 Å². The molecule has 1 aromatic rings. The lowest BCUT2D eigenvalue weighted by Crippen LogP contribution is -2.27. The predicted molar refractivity (Wildman–Crippen MR) is 68.0 cm³/mol. The first kappa shape index (κ1) is 14.0. The van der Waals surface area contributed by atoms with Crippen LogP contribution in [0.2, 0.25) is 0 Å². The van der Waals surface area contributed by atoms with Gasteiger partial charge >= 0.3 is 6.09 Å². The number of hydrogen-bond acceptors (Lipinski definition) is 3. The second-order valence-corrected chi connectivity index (χ2v) is 4.87. The first-order valence-electron chi connectivity index (χ1n) is 5.55. The highest BCUT2D eigenvalue weighted by molar-refractivity contribution is 5.85. The lowest BCUT2D eigenvalue weighted by molar-refractivity contribution is -0.117. The third kappa shape index (κ3) is 5.34. The molecule has 0 heterocycles. The van der Waals surface area contributed by atoms with Gasteiger partial charge in [-0.3, -0.25) is 10.1 Å². The van der Waals surface area contributed by atoms with Crippen molar-refractivity contribution in [3.63, 3.8) is 0 Å². The quantitative estimate of drug-likeness (QED) is 0.857. The molecular formula is C13H17N2O3. The van der Waals surface area contributed by atoms with Crippen molar-refractivity contribution in [1.29, 1.82) is 0 Å². The van der Waals surface area contributed by atoms with E-state index in [0.717, 1.165) is 0 Å². The van der Waals surface area contributed by atoms with Gasteiger partial charge in [0.2, 0.25) is 5.91 Å². The monoisotopic (exact) mass is 249 g/mol. The van der Waals surface area contributed by atoms with Gasteiger partial charge < -0.3 is 10.5 Å². The largest absolute Gasteiger partial charge is 0.444 e. The Kier molecular flexibility index (Phi) is 4.31. The van der Waals surface area contributed by atoms with Crippen LogP contribution in [0, 0.1) is 6.07 Å². The summed E-state index contributed by atoms with van der Waals surface area (Å²) in [5, 5.41) is 2.57. The maximum absolute atomic E-state index is 11.5. The summed E-state index contributed by atoms with van der Waals surface area (Å²) in [4.78, 5) is 22.2. The van der Waals surface area contributed by atoms with Gasteiger partial charge in [-0.05, 0) is 44.5 Å². The molecule has 0 saturated heterocycles. The van der Waals surface area contributed by atoms with E-state index in [-0.39, 0.29) is 6.42 Å². The van der Waals surface area contributed by atoms with Crippen molar-refractivity contribution >= 4 is 17.7 Å². The Balaban J connectivity index is 2.58. The molecule has 0 aliphatic rings. The van der Waals surface area contributed by atoms with Gasteiger partial charge in [-0.1, -0.05) is 6.07 Å². The van der Waals surface area contributed by atoms with E-state index in [1.807, 2.05) is 0 Å². The Morgan fingerprint density at radius 3 is 2.50 bits per heavy atom. The number of carbonyl (C=O) groups excluding carboxylic acids is 2. The van der Waals surface area contributed by atoms with Gasteiger partial charge in [0.25, 0.3) is 0 Å². The molecule has 1 aromatic carbocycles. The van der Waals surface area contributed by atoms with E-state index in [4.69, 9.17) is 10.5 Å². The number of nitrogens with one attached hydrogen (secondary N) is 1. The molecule has 3 N–H and O–H groups in total. The predicted octanol–water partition coefficient (Wildman–Crippen LogP) is 1.86. The van der Waals surface area contributed by atoms with Crippen LogP contribution < -0.4 is 11.1 Å². The van der Waals surface area contributed by atoms with Crippen LogP contribution in [0.3, 0.4) is 0 Å². The smallest absolute Gasteiger partial charge is 0.412 e. The Hall–Kier alpha value is -2.04. The van der Waals surface area contributed by atoms with Crippen molar-refractivity contribution in [3.8, 4) is 0 Å². The summed E-state index contributed by atoms with van der Waals surface area (Å²) < 4.78 is 5.10. The van der Waals surface area contributed by atoms with Gasteiger partial charge in [0, 0.05) is 5.69 Å². The van der Waals surface area contributed by atoms with Crippen molar-refractivity contribution in [1.82, 2.24) is 0 Å². The van der Waals surface area contributed by atoms with E-state index in [2.05, 4.69) is 11.4 Å². The molecule has 2 amide bonds. The average Bonchev–Trinajstić information content (AvgIpc) is 2.17. The molecule has 0 aliphatic heterocycles. The normalized spacial score (nSPS) is 10.8. The molecule has 0 fully saturated rings. The van der Waals surface area contributed by atoms with E-state index in [0.29, 0.717) is 11.3 Å². The number of carbonyl (C=O) groups is 2. The van der Waals surface area contributed by atoms with Crippen molar-refractivity contribution in [2.45, 2.75) is 32.8 Å². The fourth-order valence-corrected chi connectivity index (χ4v) is 1.25. The Labute approximate surface area is 106 Å². The maximum Gasteiger partial charge on any atom is 0.412 e. The Bertz CT molecular complexity index is 433. The number of ether oxygens (including phenoxy) is 1. The highest BCUT2D eigenvalue weighted by atomic mass is 16.6. The van der Waals surface area contributed by atoms with Gasteiger partial charge in [-0.2, -0.15) is 0 Å². The summed E-state index contributed by atoms with van der Waals surface area (Å²) in [5.41, 5.74) is 5.75. The number of hydrogen-bond donors (Lipinski definition) is 2. The lowest BCUT2D eigenvalue weighted by atomic mass is 10.1. The molecule has 0 atom stereocenters. The molecule has 18 heavy (non-hydrogen) atoms. The number of benzene rings is 1. The second-order valence-electron chi connectivity index (χ2n) is 4.87. The summed E-state index contributed by atoms with van der Waals surface area (Å²) in [5.74, 6) is -0.417. The van der Waals surface area contributed by atoms with Crippen LogP contribution in [0.15, 0.2) is 18.2 Å². The molecule has 0 unspecified atom stereocenters. The Morgan fingerprint density at radius 2 is 2.06 bits per heavy atom. The van der Waals surface area contributed by atoms with Crippen LogP contribution in [0.4, 0.5) is 10.5 Å². The lowest BCUT2D eigenvalue weighted by Gasteiger charge is -2.19. The van der Waals surface area contributed by atoms with Gasteiger partial charge in [-0.15, -0.1) is 0 Å². The number of rotatable bonds is 3. The summed E-state index contributed by atoms with van der Waals surface area (Å²) in [6, 6.07) is 7.78. The molecule has 0 bridgehead atoms. The highest BCUT2D eigenvalue weighted by Crippen LogP contribution is 2.12. The van der Waals surface area contributed by atoms with Crippen LogP contribution in [0.1, 0.15) is 26.3 Å². The van der Waals surface area contributed by atoms with Crippen LogP contribution in [-0.4, -0.2) is 17.6 Å². The summed E-state index contributed by atoms with van der Waals surface area (Å²) >= 11 is 0. The van der Waals surface area contributed by atoms with Crippen LogP contribution in [0.25, 0.3) is 0 Å². The van der Waals surface area contributed by atoms with Gasteiger partial charge in [-0.25, -0.2) is 4.79 Å². The summed E-state index contributed by atoms with van der Waals surface area (Å²) in [6.07, 6.45) is -0.397. The summed E-state index contributed by atoms with van der Waals surface area (Å²) in [7, 11) is 0. The third-order valence-electron chi connectivity index (χ3n) is 1.89. The van der Waals surface area contributed by atoms with Crippen molar-refractivity contribution in [2.75, 3.05) is 5.32 Å². The topological polar surface area (TPSA) is 81.4 Å². The van der Waals surface area contributed by atoms with E-state index in [1.165, 1.54) is 0 Å². The molecule has 5 heteroatoms. The van der Waals surface area contributed by atoms with E-state index in [1.54, 1.807) is 39.0 Å². The molecule has 0 aromatic heterocycles. The van der Waals surface area contributed by atoms with E-state index >= 15 is 0 Å². The third-order valence-corrected chi connectivity index (χ3v) is 1.89. The molecule has 97 valence electrons. The first-order valence-corrected chi connectivity index (χ1v) is 5.55. The summed E-state index contributed by atoms with van der Waals surface area (Å²) in [6.45, 7) is 5.36. The molecule has 1 rings (SSSR count). The van der Waals surface area contributed by atoms with Crippen molar-refractivity contribution in [2.24, 2.45) is 5.73 Å². The molecular weight excluding hydrogens is 232 g/mol. The minimum Gasteiger partial charge on any atom is -0.444 e. The zero-order valence-corrected chi connectivity index (χ0v) is 10.7. The minimum absolute atomic E-state index is 0.132. The van der Waals surface area contributed by atoms with Gasteiger partial charge in [0.05, 0.1) is 6.42 Å². The minimum atomic E-state index is -0.542. The number of anilines is 1. The van der Waals surface area contributed by atoms with Crippen molar-refractivity contribution < 1.29 is 14.3 Å². The SMILES string of the molecule is CC(C)(C)OC(=O)Nc1c[c]c(CC(N)=O)cc1. The number of nitrogens with two attached hydrogens (primary N) is 1. The molecule has 0 spiro atoms. The fourth-order valence-electron chi connectivity index (χ4n) is 1.25. The fraction of sp³-hybridized carbons (Fsp3) is 0.385. The molecule has 5 nitrogen and oxygen atoms in total. The number of amides is 2. The van der Waals surface area contributed by atoms with E-state index in [9.17, 15) is 9.59 Å². The van der Waals surface area contributed by atoms with Crippen LogP contribution in [0.5, 0.6) is 0 Å². The zero-order chi connectivity index (χ0) is 13.8. The zero-order valence-electron chi connectivity index (χ0n) is 10.7. The molecule has 0 aliphatic carbocycles. The maximum atomic E-state index is 11.5. The second kappa shape index (κ2) is 5.53. The van der Waals surface area contributed by atoms with Crippen LogP contribution in [-0.2, 0) is 16.0 Å². The Morgan fingerprint density at radius 1 is 1.39 bits per heavy atom. The molecule has 1 radical (unpaired) electrons. The van der Waals surface area contributed by atoms with Gasteiger partial charge in [0.15, 0.2) is 0 Å². The van der Waals surface area contributed by atoms with Crippen LogP contribution >= 0.6 is 0 Å². The van der Waals surface area contributed by atoms with E-state index < -0.39 is 17.6 Å². The standard InChI is InChI=1S/C13H17N2O3/c1-13(2,3)18-12(17)15-10-6-4-9(5-7-10)8-11(14)16/h4,6-7H,8H2,1-3H3,(H2,14,16)(H,15,17). The highest BCUT2D eigenvalue weighted by Gasteiger charge is 2.16. The number of primary amides is 1.